The van der Waals surface area contributed by atoms with Gasteiger partial charge in [-0.25, -0.2) is 0 Å². The van der Waals surface area contributed by atoms with E-state index >= 15 is 0 Å². The summed E-state index contributed by atoms with van der Waals surface area (Å²) in [5.74, 6) is 0.976. The largest absolute Gasteiger partial charge is 0.495 e. The van der Waals surface area contributed by atoms with Crippen molar-refractivity contribution in [2.24, 2.45) is 7.05 Å². The molecule has 1 aliphatic rings. The molecule has 0 atom stereocenters. The van der Waals surface area contributed by atoms with Crippen LogP contribution in [0, 0.1) is 0 Å². The summed E-state index contributed by atoms with van der Waals surface area (Å²) in [6, 6.07) is 18.1. The first-order chi connectivity index (χ1) is 12.7. The highest BCUT2D eigenvalue weighted by molar-refractivity contribution is 5.98. The first kappa shape index (κ1) is 16.5. The summed E-state index contributed by atoms with van der Waals surface area (Å²) in [6.07, 6.45) is 0. The second kappa shape index (κ2) is 6.75. The van der Waals surface area contributed by atoms with Gasteiger partial charge in [-0.3, -0.25) is 4.79 Å². The summed E-state index contributed by atoms with van der Waals surface area (Å²) in [6.45, 7) is 3.02. The summed E-state index contributed by atoms with van der Waals surface area (Å²) in [7, 11) is 3.65. The molecule has 1 saturated heterocycles. The van der Waals surface area contributed by atoms with E-state index in [0.29, 0.717) is 13.1 Å². The van der Waals surface area contributed by atoms with Crippen molar-refractivity contribution in [3.05, 3.63) is 60.3 Å². The van der Waals surface area contributed by atoms with Crippen LogP contribution in [0.3, 0.4) is 0 Å². The SMILES string of the molecule is COc1ccccc1N1CCN(C(=O)c2cc3ccccc3n2C)CC1. The van der Waals surface area contributed by atoms with Crippen LogP contribution >= 0.6 is 0 Å². The Hall–Kier alpha value is -2.95. The molecule has 0 N–H and O–H groups in total. The number of ether oxygens (including phenoxy) is 1. The van der Waals surface area contributed by atoms with Crippen molar-refractivity contribution < 1.29 is 9.53 Å². The van der Waals surface area contributed by atoms with Crippen molar-refractivity contribution in [2.45, 2.75) is 0 Å². The van der Waals surface area contributed by atoms with Crippen LogP contribution in [-0.4, -0.2) is 48.7 Å². The number of rotatable bonds is 3. The molecular weight excluding hydrogens is 326 g/mol. The van der Waals surface area contributed by atoms with Crippen LogP contribution in [0.1, 0.15) is 10.5 Å². The third kappa shape index (κ3) is 2.79. The Morgan fingerprint density at radius 1 is 0.962 bits per heavy atom. The minimum absolute atomic E-state index is 0.100. The molecule has 0 aliphatic carbocycles. The number of aromatic nitrogens is 1. The molecule has 0 saturated carbocycles. The number of piperazine rings is 1. The van der Waals surface area contributed by atoms with Gasteiger partial charge in [-0.1, -0.05) is 30.3 Å². The first-order valence-electron chi connectivity index (χ1n) is 8.91. The third-order valence-electron chi connectivity index (χ3n) is 5.16. The first-order valence-corrected chi connectivity index (χ1v) is 8.91. The highest BCUT2D eigenvalue weighted by atomic mass is 16.5. The molecule has 0 bridgehead atoms. The molecule has 4 rings (SSSR count). The molecule has 26 heavy (non-hydrogen) atoms. The molecule has 2 aromatic carbocycles. The van der Waals surface area contributed by atoms with E-state index in [4.69, 9.17) is 4.74 Å². The Morgan fingerprint density at radius 2 is 1.65 bits per heavy atom. The van der Waals surface area contributed by atoms with Crippen LogP contribution in [0.4, 0.5) is 5.69 Å². The van der Waals surface area contributed by atoms with Crippen LogP contribution in [0.25, 0.3) is 10.9 Å². The smallest absolute Gasteiger partial charge is 0.270 e. The molecule has 3 aromatic rings. The van der Waals surface area contributed by atoms with Gasteiger partial charge in [0.2, 0.25) is 0 Å². The van der Waals surface area contributed by atoms with Crippen LogP contribution in [0.2, 0.25) is 0 Å². The van der Waals surface area contributed by atoms with E-state index in [1.54, 1.807) is 7.11 Å². The van der Waals surface area contributed by atoms with E-state index in [-0.39, 0.29) is 5.91 Å². The number of nitrogens with zero attached hydrogens (tertiary/aromatic N) is 3. The predicted molar refractivity (Wildman–Crippen MR) is 104 cm³/mol. The lowest BCUT2D eigenvalue weighted by Crippen LogP contribution is -2.49. The Balaban J connectivity index is 1.50. The summed E-state index contributed by atoms with van der Waals surface area (Å²) in [5.41, 5.74) is 2.92. The molecule has 0 unspecified atom stereocenters. The molecule has 134 valence electrons. The highest BCUT2D eigenvalue weighted by Gasteiger charge is 2.25. The quantitative estimate of drug-likeness (QED) is 0.729. The highest BCUT2D eigenvalue weighted by Crippen LogP contribution is 2.28. The van der Waals surface area contributed by atoms with Gasteiger partial charge in [-0.2, -0.15) is 0 Å². The molecular formula is C21H23N3O2. The lowest BCUT2D eigenvalue weighted by Gasteiger charge is -2.36. The summed E-state index contributed by atoms with van der Waals surface area (Å²) in [4.78, 5) is 17.2. The molecule has 5 heteroatoms. The zero-order chi connectivity index (χ0) is 18.1. The lowest BCUT2D eigenvalue weighted by atomic mass is 10.2. The van der Waals surface area contributed by atoms with E-state index in [2.05, 4.69) is 11.0 Å². The molecule has 1 amide bonds. The molecule has 2 heterocycles. The Labute approximate surface area is 153 Å². The Morgan fingerprint density at radius 3 is 2.38 bits per heavy atom. The number of methoxy groups -OCH3 is 1. The zero-order valence-corrected chi connectivity index (χ0v) is 15.2. The second-order valence-corrected chi connectivity index (χ2v) is 6.60. The number of anilines is 1. The fraction of sp³-hybridized carbons (Fsp3) is 0.286. The molecule has 1 aliphatic heterocycles. The summed E-state index contributed by atoms with van der Waals surface area (Å²) < 4.78 is 7.46. The van der Waals surface area contributed by atoms with Gasteiger partial charge < -0.3 is 19.1 Å². The van der Waals surface area contributed by atoms with Gasteiger partial charge in [0.05, 0.1) is 12.8 Å². The second-order valence-electron chi connectivity index (χ2n) is 6.60. The predicted octanol–water partition coefficient (Wildman–Crippen LogP) is 3.15. The van der Waals surface area contributed by atoms with Gasteiger partial charge in [-0.15, -0.1) is 0 Å². The third-order valence-corrected chi connectivity index (χ3v) is 5.16. The molecule has 1 aromatic heterocycles. The van der Waals surface area contributed by atoms with E-state index in [0.717, 1.165) is 41.1 Å². The zero-order valence-electron chi connectivity index (χ0n) is 15.2. The van der Waals surface area contributed by atoms with Crippen molar-refractivity contribution in [1.29, 1.82) is 0 Å². The van der Waals surface area contributed by atoms with Gasteiger partial charge in [0.15, 0.2) is 0 Å². The normalized spacial score (nSPS) is 14.7. The summed E-state index contributed by atoms with van der Waals surface area (Å²) in [5, 5.41) is 1.10. The molecule has 0 radical (unpaired) electrons. The number of aryl methyl sites for hydroxylation is 1. The van der Waals surface area contributed by atoms with Crippen molar-refractivity contribution >= 4 is 22.5 Å². The van der Waals surface area contributed by atoms with Gasteiger partial charge in [0.1, 0.15) is 11.4 Å². The number of fused-ring (bicyclic) bond motifs is 1. The van der Waals surface area contributed by atoms with Crippen LogP contribution in [0.15, 0.2) is 54.6 Å². The number of carbonyl (C=O) groups is 1. The topological polar surface area (TPSA) is 37.7 Å². The van der Waals surface area contributed by atoms with Crippen molar-refractivity contribution in [3.8, 4) is 5.75 Å². The fourth-order valence-electron chi connectivity index (χ4n) is 3.70. The monoisotopic (exact) mass is 349 g/mol. The van der Waals surface area contributed by atoms with Crippen LogP contribution < -0.4 is 9.64 Å². The Kier molecular flexibility index (Phi) is 4.29. The maximum absolute atomic E-state index is 13.0. The van der Waals surface area contributed by atoms with Crippen LogP contribution in [0.5, 0.6) is 5.75 Å². The summed E-state index contributed by atoms with van der Waals surface area (Å²) >= 11 is 0. The standard InChI is InChI=1S/C21H23N3O2/c1-22-17-8-4-3-7-16(17)15-19(22)21(25)24-13-11-23(12-14-24)18-9-5-6-10-20(18)26-2/h3-10,15H,11-14H2,1-2H3. The number of carbonyl (C=O) groups excluding carboxylic acids is 1. The number of amides is 1. The van der Waals surface area contributed by atoms with Gasteiger partial charge in [0.25, 0.3) is 5.91 Å². The van der Waals surface area contributed by atoms with E-state index < -0.39 is 0 Å². The maximum atomic E-state index is 13.0. The minimum atomic E-state index is 0.100. The number of para-hydroxylation sites is 3. The van der Waals surface area contributed by atoms with E-state index in [9.17, 15) is 4.79 Å². The maximum Gasteiger partial charge on any atom is 0.270 e. The molecule has 1 fully saturated rings. The number of benzene rings is 2. The van der Waals surface area contributed by atoms with E-state index in [1.807, 2.05) is 65.0 Å². The van der Waals surface area contributed by atoms with Gasteiger partial charge >= 0.3 is 0 Å². The van der Waals surface area contributed by atoms with Gasteiger partial charge in [0, 0.05) is 44.1 Å². The lowest BCUT2D eigenvalue weighted by molar-refractivity contribution is 0.0737. The number of hydrogen-bond acceptors (Lipinski definition) is 3. The van der Waals surface area contributed by atoms with Crippen molar-refractivity contribution in [3.63, 3.8) is 0 Å². The van der Waals surface area contributed by atoms with Crippen LogP contribution in [-0.2, 0) is 7.05 Å². The molecule has 0 spiro atoms. The average Bonchev–Trinajstić information content (AvgIpc) is 3.04. The van der Waals surface area contributed by atoms with Crippen molar-refractivity contribution in [1.82, 2.24) is 9.47 Å². The number of hydrogen-bond donors (Lipinski definition) is 0. The fourth-order valence-corrected chi connectivity index (χ4v) is 3.70. The van der Waals surface area contributed by atoms with E-state index in [1.165, 1.54) is 0 Å². The Bertz CT molecular complexity index is 939. The minimum Gasteiger partial charge on any atom is -0.495 e. The van der Waals surface area contributed by atoms with Gasteiger partial charge in [-0.05, 0) is 24.3 Å². The van der Waals surface area contributed by atoms with Crippen molar-refractivity contribution in [2.75, 3.05) is 38.2 Å². The molecule has 5 nitrogen and oxygen atoms in total. The average molecular weight is 349 g/mol.